The van der Waals surface area contributed by atoms with Gasteiger partial charge in [0.25, 0.3) is 0 Å². The summed E-state index contributed by atoms with van der Waals surface area (Å²) in [6.07, 6.45) is 4.57. The van der Waals surface area contributed by atoms with Gasteiger partial charge in [0.1, 0.15) is 12.4 Å². The molecule has 0 radical (unpaired) electrons. The first kappa shape index (κ1) is 15.1. The number of carboxylic acid groups (broad SMARTS) is 1. The molecule has 110 valence electrons. The van der Waals surface area contributed by atoms with Crippen molar-refractivity contribution in [3.63, 3.8) is 0 Å². The average molecular weight is 298 g/mol. The lowest BCUT2D eigenvalue weighted by molar-refractivity contribution is -0.139. The highest BCUT2D eigenvalue weighted by Crippen LogP contribution is 2.23. The normalized spacial score (nSPS) is 15.7. The Morgan fingerprint density at radius 1 is 1.30 bits per heavy atom. The summed E-state index contributed by atoms with van der Waals surface area (Å²) in [5, 5.41) is 9.67. The van der Waals surface area contributed by atoms with Crippen molar-refractivity contribution in [3.8, 4) is 5.75 Å². The molecule has 0 heterocycles. The topological polar surface area (TPSA) is 49.8 Å². The van der Waals surface area contributed by atoms with Gasteiger partial charge < -0.3 is 9.84 Å². The number of benzene rings is 1. The lowest BCUT2D eigenvalue weighted by Crippen LogP contribution is -2.40. The van der Waals surface area contributed by atoms with Gasteiger partial charge in [0.05, 0.1) is 6.54 Å². The summed E-state index contributed by atoms with van der Waals surface area (Å²) in [6, 6.07) is 7.59. The number of hydrogen-bond acceptors (Lipinski definition) is 3. The molecule has 0 saturated heterocycles. The molecular formula is C15H20ClNO3. The fourth-order valence-corrected chi connectivity index (χ4v) is 2.77. The summed E-state index contributed by atoms with van der Waals surface area (Å²) in [7, 11) is 0. The molecule has 0 atom stereocenters. The van der Waals surface area contributed by atoms with E-state index in [4.69, 9.17) is 21.4 Å². The highest BCUT2D eigenvalue weighted by molar-refractivity contribution is 6.30. The number of rotatable bonds is 7. The predicted molar refractivity (Wildman–Crippen MR) is 78.4 cm³/mol. The molecule has 1 N–H and O–H groups in total. The monoisotopic (exact) mass is 297 g/mol. The maximum absolute atomic E-state index is 10.9. The molecule has 0 unspecified atom stereocenters. The Balaban J connectivity index is 1.81. The number of aliphatic carboxylic acids is 1. The van der Waals surface area contributed by atoms with Crippen LogP contribution in [0.25, 0.3) is 0 Å². The van der Waals surface area contributed by atoms with Gasteiger partial charge in [-0.1, -0.05) is 24.4 Å². The molecule has 1 saturated carbocycles. The van der Waals surface area contributed by atoms with Gasteiger partial charge in [-0.15, -0.1) is 0 Å². The van der Waals surface area contributed by atoms with Crippen LogP contribution in [0.1, 0.15) is 25.7 Å². The zero-order valence-corrected chi connectivity index (χ0v) is 12.2. The van der Waals surface area contributed by atoms with Gasteiger partial charge >= 0.3 is 5.97 Å². The maximum Gasteiger partial charge on any atom is 0.317 e. The highest BCUT2D eigenvalue weighted by Gasteiger charge is 2.23. The Labute approximate surface area is 124 Å². The summed E-state index contributed by atoms with van der Waals surface area (Å²) in [5.74, 6) is -0.0144. The smallest absolute Gasteiger partial charge is 0.317 e. The molecule has 2 rings (SSSR count). The van der Waals surface area contributed by atoms with E-state index in [0.717, 1.165) is 18.6 Å². The fraction of sp³-hybridized carbons (Fsp3) is 0.533. The van der Waals surface area contributed by atoms with E-state index in [2.05, 4.69) is 0 Å². The Kier molecular flexibility index (Phi) is 5.68. The summed E-state index contributed by atoms with van der Waals surface area (Å²) >= 11 is 5.81. The van der Waals surface area contributed by atoms with Gasteiger partial charge in [-0.3, -0.25) is 9.69 Å². The Bertz CT molecular complexity index is 429. The van der Waals surface area contributed by atoms with Crippen molar-refractivity contribution < 1.29 is 14.6 Å². The molecule has 5 heteroatoms. The van der Waals surface area contributed by atoms with Crippen molar-refractivity contribution in [1.29, 1.82) is 0 Å². The molecule has 1 aromatic rings. The number of hydrogen-bond donors (Lipinski definition) is 1. The maximum atomic E-state index is 10.9. The van der Waals surface area contributed by atoms with Crippen molar-refractivity contribution >= 4 is 17.6 Å². The standard InChI is InChI=1S/C15H20ClNO3/c16-12-5-7-14(8-6-12)20-10-9-17(11-15(18)19)13-3-1-2-4-13/h5-8,13H,1-4,9-11H2,(H,18,19). The molecule has 1 aliphatic rings. The Morgan fingerprint density at radius 2 is 1.95 bits per heavy atom. The summed E-state index contributed by atoms with van der Waals surface area (Å²) < 4.78 is 5.64. The van der Waals surface area contributed by atoms with Crippen LogP contribution in [-0.2, 0) is 4.79 Å². The molecule has 0 amide bonds. The first-order chi connectivity index (χ1) is 9.65. The second-order valence-corrected chi connectivity index (χ2v) is 5.54. The largest absolute Gasteiger partial charge is 0.492 e. The number of nitrogens with zero attached hydrogens (tertiary/aromatic N) is 1. The minimum atomic E-state index is -0.775. The lowest BCUT2D eigenvalue weighted by Gasteiger charge is -2.26. The first-order valence-electron chi connectivity index (χ1n) is 6.99. The van der Waals surface area contributed by atoms with Crippen LogP contribution in [0.3, 0.4) is 0 Å². The van der Waals surface area contributed by atoms with Crippen molar-refractivity contribution in [3.05, 3.63) is 29.3 Å². The third-order valence-electron chi connectivity index (χ3n) is 3.64. The third-order valence-corrected chi connectivity index (χ3v) is 3.89. The van der Waals surface area contributed by atoms with E-state index in [1.807, 2.05) is 17.0 Å². The fourth-order valence-electron chi connectivity index (χ4n) is 2.65. The zero-order chi connectivity index (χ0) is 14.4. The van der Waals surface area contributed by atoms with E-state index in [-0.39, 0.29) is 6.54 Å². The van der Waals surface area contributed by atoms with Crippen molar-refractivity contribution in [1.82, 2.24) is 4.90 Å². The van der Waals surface area contributed by atoms with Crippen molar-refractivity contribution in [2.24, 2.45) is 0 Å². The minimum absolute atomic E-state index is 0.0919. The van der Waals surface area contributed by atoms with Crippen LogP contribution in [0.4, 0.5) is 0 Å². The van der Waals surface area contributed by atoms with Gasteiger partial charge in [-0.25, -0.2) is 0 Å². The van der Waals surface area contributed by atoms with Crippen LogP contribution >= 0.6 is 11.6 Å². The molecular weight excluding hydrogens is 278 g/mol. The Hall–Kier alpha value is -1.26. The van der Waals surface area contributed by atoms with E-state index < -0.39 is 5.97 Å². The average Bonchev–Trinajstić information content (AvgIpc) is 2.93. The molecule has 1 fully saturated rings. The summed E-state index contributed by atoms with van der Waals surface area (Å²) in [4.78, 5) is 13.0. The van der Waals surface area contributed by atoms with E-state index >= 15 is 0 Å². The zero-order valence-electron chi connectivity index (χ0n) is 11.4. The highest BCUT2D eigenvalue weighted by atomic mass is 35.5. The van der Waals surface area contributed by atoms with Crippen LogP contribution in [0, 0.1) is 0 Å². The van der Waals surface area contributed by atoms with E-state index in [0.29, 0.717) is 24.2 Å². The predicted octanol–water partition coefficient (Wildman–Crippen LogP) is 3.05. The molecule has 1 aromatic carbocycles. The molecule has 4 nitrogen and oxygen atoms in total. The molecule has 0 aromatic heterocycles. The first-order valence-corrected chi connectivity index (χ1v) is 7.37. The molecule has 0 bridgehead atoms. The SMILES string of the molecule is O=C(O)CN(CCOc1ccc(Cl)cc1)C1CCCC1. The third kappa shape index (κ3) is 4.69. The van der Waals surface area contributed by atoms with Crippen LogP contribution in [0.5, 0.6) is 5.75 Å². The summed E-state index contributed by atoms with van der Waals surface area (Å²) in [5.41, 5.74) is 0. The van der Waals surface area contributed by atoms with Crippen LogP contribution in [-0.4, -0.2) is 41.7 Å². The van der Waals surface area contributed by atoms with Crippen LogP contribution < -0.4 is 4.74 Å². The molecule has 0 spiro atoms. The Morgan fingerprint density at radius 3 is 2.55 bits per heavy atom. The van der Waals surface area contributed by atoms with E-state index in [1.54, 1.807) is 12.1 Å². The van der Waals surface area contributed by atoms with Crippen molar-refractivity contribution in [2.75, 3.05) is 19.7 Å². The van der Waals surface area contributed by atoms with Gasteiger partial charge in [0, 0.05) is 17.6 Å². The number of halogens is 1. The van der Waals surface area contributed by atoms with Gasteiger partial charge in [-0.2, -0.15) is 0 Å². The quantitative estimate of drug-likeness (QED) is 0.840. The van der Waals surface area contributed by atoms with Gasteiger partial charge in [0.15, 0.2) is 0 Å². The van der Waals surface area contributed by atoms with Gasteiger partial charge in [-0.05, 0) is 37.1 Å². The van der Waals surface area contributed by atoms with E-state index in [1.165, 1.54) is 12.8 Å². The van der Waals surface area contributed by atoms with E-state index in [9.17, 15) is 4.79 Å². The molecule has 0 aliphatic heterocycles. The second kappa shape index (κ2) is 7.50. The second-order valence-electron chi connectivity index (χ2n) is 5.10. The molecule has 1 aliphatic carbocycles. The van der Waals surface area contributed by atoms with Crippen molar-refractivity contribution in [2.45, 2.75) is 31.7 Å². The minimum Gasteiger partial charge on any atom is -0.492 e. The number of ether oxygens (including phenoxy) is 1. The number of carbonyl (C=O) groups is 1. The molecule has 20 heavy (non-hydrogen) atoms. The van der Waals surface area contributed by atoms with Crippen LogP contribution in [0.15, 0.2) is 24.3 Å². The number of carboxylic acids is 1. The van der Waals surface area contributed by atoms with Gasteiger partial charge in [0.2, 0.25) is 0 Å². The van der Waals surface area contributed by atoms with Crippen LogP contribution in [0.2, 0.25) is 5.02 Å². The lowest BCUT2D eigenvalue weighted by atomic mass is 10.2. The summed E-state index contributed by atoms with van der Waals surface area (Å²) in [6.45, 7) is 1.22.